The third-order valence-electron chi connectivity index (χ3n) is 2.69. The fraction of sp³-hybridized carbons (Fsp3) is 0.385. The van der Waals surface area contributed by atoms with Crippen molar-refractivity contribution in [3.8, 4) is 5.75 Å². The van der Waals surface area contributed by atoms with Gasteiger partial charge in [0.1, 0.15) is 5.75 Å². The SMILES string of the molecule is CNCCC(=O)Nc1cc2sc(C)nc2cc1OC.Cl. The summed E-state index contributed by atoms with van der Waals surface area (Å²) in [5.41, 5.74) is 1.59. The number of aryl methyl sites for hydroxylation is 1. The highest BCUT2D eigenvalue weighted by atomic mass is 35.5. The van der Waals surface area contributed by atoms with Gasteiger partial charge in [0, 0.05) is 19.0 Å². The average Bonchev–Trinajstić information content (AvgIpc) is 2.74. The molecule has 2 aromatic rings. The maximum atomic E-state index is 11.8. The maximum absolute atomic E-state index is 11.8. The van der Waals surface area contributed by atoms with Gasteiger partial charge in [0.05, 0.1) is 28.0 Å². The van der Waals surface area contributed by atoms with Crippen LogP contribution in [0.3, 0.4) is 0 Å². The van der Waals surface area contributed by atoms with Crippen LogP contribution in [0.2, 0.25) is 0 Å². The van der Waals surface area contributed by atoms with Crippen molar-refractivity contribution < 1.29 is 9.53 Å². The first-order valence-corrected chi connectivity index (χ1v) is 6.85. The number of carbonyl (C=O) groups is 1. The molecule has 0 saturated carbocycles. The van der Waals surface area contributed by atoms with Crippen molar-refractivity contribution >= 4 is 45.6 Å². The molecule has 0 atom stereocenters. The predicted molar refractivity (Wildman–Crippen MR) is 85.3 cm³/mol. The molecule has 0 radical (unpaired) electrons. The fourth-order valence-electron chi connectivity index (χ4n) is 1.79. The van der Waals surface area contributed by atoms with Crippen molar-refractivity contribution in [1.82, 2.24) is 10.3 Å². The fourth-order valence-corrected chi connectivity index (χ4v) is 2.64. The van der Waals surface area contributed by atoms with E-state index in [1.807, 2.05) is 26.1 Å². The molecule has 2 N–H and O–H groups in total. The van der Waals surface area contributed by atoms with E-state index >= 15 is 0 Å². The normalized spacial score (nSPS) is 10.2. The van der Waals surface area contributed by atoms with Gasteiger partial charge in [0.2, 0.25) is 5.91 Å². The van der Waals surface area contributed by atoms with E-state index in [4.69, 9.17) is 4.74 Å². The molecule has 0 aliphatic rings. The number of ether oxygens (including phenoxy) is 1. The number of aromatic nitrogens is 1. The number of thiazole rings is 1. The van der Waals surface area contributed by atoms with Crippen LogP contribution in [0.25, 0.3) is 10.2 Å². The molecule has 0 aliphatic carbocycles. The largest absolute Gasteiger partial charge is 0.494 e. The van der Waals surface area contributed by atoms with Crippen molar-refractivity contribution in [1.29, 1.82) is 0 Å². The van der Waals surface area contributed by atoms with Gasteiger partial charge in [0.25, 0.3) is 0 Å². The first kappa shape index (κ1) is 16.7. The van der Waals surface area contributed by atoms with Crippen molar-refractivity contribution in [2.45, 2.75) is 13.3 Å². The molecule has 0 spiro atoms. The van der Waals surface area contributed by atoms with Gasteiger partial charge >= 0.3 is 0 Å². The van der Waals surface area contributed by atoms with Crippen molar-refractivity contribution in [2.75, 3.05) is 26.0 Å². The molecule has 110 valence electrons. The Morgan fingerprint density at radius 2 is 2.20 bits per heavy atom. The van der Waals surface area contributed by atoms with Crippen LogP contribution >= 0.6 is 23.7 Å². The van der Waals surface area contributed by atoms with Gasteiger partial charge < -0.3 is 15.4 Å². The monoisotopic (exact) mass is 315 g/mol. The van der Waals surface area contributed by atoms with Gasteiger partial charge in [-0.3, -0.25) is 4.79 Å². The van der Waals surface area contributed by atoms with Gasteiger partial charge in [-0.1, -0.05) is 0 Å². The van der Waals surface area contributed by atoms with Crippen LogP contribution in [0.5, 0.6) is 5.75 Å². The minimum atomic E-state index is -0.0340. The highest BCUT2D eigenvalue weighted by Crippen LogP contribution is 2.33. The van der Waals surface area contributed by atoms with Gasteiger partial charge in [-0.15, -0.1) is 23.7 Å². The van der Waals surface area contributed by atoms with Crippen molar-refractivity contribution in [2.24, 2.45) is 0 Å². The minimum Gasteiger partial charge on any atom is -0.494 e. The second-order valence-electron chi connectivity index (χ2n) is 4.15. The number of methoxy groups -OCH3 is 1. The van der Waals surface area contributed by atoms with E-state index in [1.54, 1.807) is 18.4 Å². The zero-order chi connectivity index (χ0) is 13.8. The Kier molecular flexibility index (Phi) is 6.19. The molecule has 1 aromatic heterocycles. The molecule has 20 heavy (non-hydrogen) atoms. The number of carbonyl (C=O) groups excluding carboxylic acids is 1. The third kappa shape index (κ3) is 3.82. The maximum Gasteiger partial charge on any atom is 0.225 e. The summed E-state index contributed by atoms with van der Waals surface area (Å²) in [5.74, 6) is 0.601. The molecule has 5 nitrogen and oxygen atoms in total. The summed E-state index contributed by atoms with van der Waals surface area (Å²) in [4.78, 5) is 16.2. The van der Waals surface area contributed by atoms with Crippen LogP contribution in [0.1, 0.15) is 11.4 Å². The number of hydrogen-bond acceptors (Lipinski definition) is 5. The summed E-state index contributed by atoms with van der Waals surface area (Å²) in [7, 11) is 3.41. The molecular formula is C13H18ClN3O2S. The molecule has 0 saturated heterocycles. The number of fused-ring (bicyclic) bond motifs is 1. The van der Waals surface area contributed by atoms with Crippen LogP contribution in [-0.4, -0.2) is 31.6 Å². The summed E-state index contributed by atoms with van der Waals surface area (Å²) >= 11 is 1.60. The highest BCUT2D eigenvalue weighted by Gasteiger charge is 2.11. The second kappa shape index (κ2) is 7.42. The van der Waals surface area contributed by atoms with Crippen LogP contribution in [-0.2, 0) is 4.79 Å². The number of halogens is 1. The first-order valence-electron chi connectivity index (χ1n) is 6.03. The molecule has 1 heterocycles. The smallest absolute Gasteiger partial charge is 0.225 e. The number of benzene rings is 1. The topological polar surface area (TPSA) is 63.2 Å². The standard InChI is InChI=1S/C13H17N3O2S.ClH/c1-8-15-10-6-11(18-3)9(7-12(10)19-8)16-13(17)4-5-14-2;/h6-7,14H,4-5H2,1-3H3,(H,16,17);1H. The Bertz CT molecular complexity index is 601. The summed E-state index contributed by atoms with van der Waals surface area (Å²) in [6, 6.07) is 3.77. The molecule has 1 amide bonds. The van der Waals surface area contributed by atoms with Crippen LogP contribution in [0, 0.1) is 6.92 Å². The van der Waals surface area contributed by atoms with E-state index in [1.165, 1.54) is 0 Å². The molecule has 0 unspecified atom stereocenters. The quantitative estimate of drug-likeness (QED) is 0.890. The zero-order valence-corrected chi connectivity index (χ0v) is 13.3. The van der Waals surface area contributed by atoms with Gasteiger partial charge in [-0.25, -0.2) is 4.98 Å². The lowest BCUT2D eigenvalue weighted by atomic mass is 10.2. The Labute approximate surface area is 128 Å². The molecule has 7 heteroatoms. The summed E-state index contributed by atoms with van der Waals surface area (Å²) < 4.78 is 6.35. The number of nitrogens with zero attached hydrogens (tertiary/aromatic N) is 1. The van der Waals surface area contributed by atoms with E-state index in [9.17, 15) is 4.79 Å². The number of amides is 1. The highest BCUT2D eigenvalue weighted by molar-refractivity contribution is 7.18. The second-order valence-corrected chi connectivity index (χ2v) is 5.39. The number of nitrogens with one attached hydrogen (secondary N) is 2. The Hall–Kier alpha value is -1.37. The van der Waals surface area contributed by atoms with Gasteiger partial charge in [-0.2, -0.15) is 0 Å². The summed E-state index contributed by atoms with van der Waals surface area (Å²) in [6.07, 6.45) is 0.430. The van der Waals surface area contributed by atoms with Gasteiger partial charge in [0.15, 0.2) is 0 Å². The van der Waals surface area contributed by atoms with E-state index in [2.05, 4.69) is 15.6 Å². The molecule has 2 rings (SSSR count). The molecule has 0 bridgehead atoms. The molecule has 1 aromatic carbocycles. The minimum absolute atomic E-state index is 0. The van der Waals surface area contributed by atoms with Crippen LogP contribution in [0.15, 0.2) is 12.1 Å². The number of rotatable bonds is 5. The zero-order valence-electron chi connectivity index (χ0n) is 11.6. The number of hydrogen-bond donors (Lipinski definition) is 2. The Balaban J connectivity index is 0.00000200. The Morgan fingerprint density at radius 3 is 2.85 bits per heavy atom. The number of anilines is 1. The van der Waals surface area contributed by atoms with E-state index < -0.39 is 0 Å². The van der Waals surface area contributed by atoms with Gasteiger partial charge in [-0.05, 0) is 20.0 Å². The summed E-state index contributed by atoms with van der Waals surface area (Å²) in [5, 5.41) is 6.81. The molecular weight excluding hydrogens is 298 g/mol. The lowest BCUT2D eigenvalue weighted by Crippen LogP contribution is -2.19. The van der Waals surface area contributed by atoms with Crippen molar-refractivity contribution in [3.05, 3.63) is 17.1 Å². The average molecular weight is 316 g/mol. The summed E-state index contributed by atoms with van der Waals surface area (Å²) in [6.45, 7) is 2.61. The molecule has 0 fully saturated rings. The van der Waals surface area contributed by atoms with E-state index in [0.29, 0.717) is 24.4 Å². The third-order valence-corrected chi connectivity index (χ3v) is 3.63. The molecule has 0 aliphatic heterocycles. The van der Waals surface area contributed by atoms with Crippen LogP contribution in [0.4, 0.5) is 5.69 Å². The lowest BCUT2D eigenvalue weighted by molar-refractivity contribution is -0.116. The van der Waals surface area contributed by atoms with Crippen molar-refractivity contribution in [3.63, 3.8) is 0 Å². The first-order chi connectivity index (χ1) is 9.13. The lowest BCUT2D eigenvalue weighted by Gasteiger charge is -2.10. The van der Waals surface area contributed by atoms with E-state index in [-0.39, 0.29) is 18.3 Å². The predicted octanol–water partition coefficient (Wildman–Crippen LogP) is 2.58. The Morgan fingerprint density at radius 1 is 1.45 bits per heavy atom. The van der Waals surface area contributed by atoms with E-state index in [0.717, 1.165) is 15.2 Å². The van der Waals surface area contributed by atoms with Crippen LogP contribution < -0.4 is 15.4 Å².